The number of nitrogens with zero attached hydrogens (tertiary/aromatic N) is 2. The van der Waals surface area contributed by atoms with Crippen molar-refractivity contribution in [3.8, 4) is 17.1 Å². The van der Waals surface area contributed by atoms with Gasteiger partial charge in [-0.05, 0) is 49.4 Å². The van der Waals surface area contributed by atoms with E-state index in [0.717, 1.165) is 26.1 Å². The molecule has 0 aliphatic carbocycles. The summed E-state index contributed by atoms with van der Waals surface area (Å²) < 4.78 is 16.3. The van der Waals surface area contributed by atoms with E-state index in [-0.39, 0.29) is 11.4 Å². The summed E-state index contributed by atoms with van der Waals surface area (Å²) in [6.45, 7) is 4.38. The Morgan fingerprint density at radius 1 is 1.10 bits per heavy atom. The molecule has 1 aliphatic heterocycles. The molecule has 2 amide bonds. The number of ether oxygens (including phenoxy) is 2. The van der Waals surface area contributed by atoms with Crippen molar-refractivity contribution in [3.05, 3.63) is 87.8 Å². The number of hydrogen-bond donors (Lipinski definition) is 2. The van der Waals surface area contributed by atoms with Crippen molar-refractivity contribution in [2.24, 2.45) is 0 Å². The van der Waals surface area contributed by atoms with E-state index >= 15 is 0 Å². The topological polar surface area (TPSA) is 136 Å². The Kier molecular flexibility index (Phi) is 9.44. The number of nitro benzene ring substituents is 1. The Morgan fingerprint density at radius 2 is 1.87 bits per heavy atom. The molecule has 11 nitrogen and oxygen atoms in total. The van der Waals surface area contributed by atoms with Crippen LogP contribution in [0.2, 0.25) is 0 Å². The number of hydrogen-bond acceptors (Lipinski definition) is 8. The van der Waals surface area contributed by atoms with E-state index in [0.29, 0.717) is 48.2 Å². The molecule has 0 bridgehead atoms. The molecule has 11 heteroatoms. The number of methoxy groups -OCH3 is 1. The highest BCUT2D eigenvalue weighted by Gasteiger charge is 2.17. The van der Waals surface area contributed by atoms with Crippen molar-refractivity contribution < 1.29 is 28.4 Å². The third-order valence-corrected chi connectivity index (χ3v) is 6.14. The van der Waals surface area contributed by atoms with Gasteiger partial charge in [0.25, 0.3) is 17.5 Å². The number of morpholine rings is 1. The predicted molar refractivity (Wildman–Crippen MR) is 144 cm³/mol. The lowest BCUT2D eigenvalue weighted by atomic mass is 10.1. The quantitative estimate of drug-likeness (QED) is 0.165. The Hall–Kier alpha value is -4.48. The number of amides is 2. The number of furan rings is 1. The van der Waals surface area contributed by atoms with E-state index < -0.39 is 16.7 Å². The second kappa shape index (κ2) is 13.4. The highest BCUT2D eigenvalue weighted by Crippen LogP contribution is 2.26. The molecule has 39 heavy (non-hydrogen) atoms. The fourth-order valence-corrected chi connectivity index (χ4v) is 4.02. The van der Waals surface area contributed by atoms with E-state index in [1.807, 2.05) is 0 Å². The zero-order valence-electron chi connectivity index (χ0n) is 21.6. The summed E-state index contributed by atoms with van der Waals surface area (Å²) in [7, 11) is 1.53. The fourth-order valence-electron chi connectivity index (χ4n) is 4.02. The fraction of sp³-hybridized carbons (Fsp3) is 0.286. The first kappa shape index (κ1) is 27.6. The molecule has 0 atom stereocenters. The summed E-state index contributed by atoms with van der Waals surface area (Å²) in [5, 5.41) is 16.7. The van der Waals surface area contributed by atoms with Gasteiger partial charge in [0.2, 0.25) is 0 Å². The third-order valence-electron chi connectivity index (χ3n) is 6.14. The minimum absolute atomic E-state index is 0.00197. The highest BCUT2D eigenvalue weighted by atomic mass is 16.6. The van der Waals surface area contributed by atoms with E-state index in [4.69, 9.17) is 13.9 Å². The molecule has 1 fully saturated rings. The number of carbonyl (C=O) groups is 2. The first-order chi connectivity index (χ1) is 18.9. The van der Waals surface area contributed by atoms with Crippen LogP contribution in [0.25, 0.3) is 17.4 Å². The average Bonchev–Trinajstić information content (AvgIpc) is 3.44. The summed E-state index contributed by atoms with van der Waals surface area (Å²) in [4.78, 5) is 38.9. The van der Waals surface area contributed by atoms with Gasteiger partial charge in [0.15, 0.2) is 0 Å². The number of benzene rings is 2. The lowest BCUT2D eigenvalue weighted by Crippen LogP contribution is -2.39. The van der Waals surface area contributed by atoms with Crippen LogP contribution < -0.4 is 15.4 Å². The molecule has 2 aromatic carbocycles. The van der Waals surface area contributed by atoms with E-state index in [1.165, 1.54) is 25.3 Å². The molecule has 2 heterocycles. The van der Waals surface area contributed by atoms with Crippen molar-refractivity contribution in [2.75, 3.05) is 46.5 Å². The molecular weight excluding hydrogens is 504 g/mol. The van der Waals surface area contributed by atoms with Crippen LogP contribution in [0, 0.1) is 10.1 Å². The SMILES string of the molecule is COc1ccc(C(=O)N/C(=C\c2ccc(-c3cccc([N+](=O)[O-])c3)o2)C(=O)NCCCN2CCOCC2)cc1. The average molecular weight is 535 g/mol. The van der Waals surface area contributed by atoms with Crippen molar-refractivity contribution in [3.63, 3.8) is 0 Å². The van der Waals surface area contributed by atoms with E-state index in [9.17, 15) is 19.7 Å². The minimum atomic E-state index is -0.483. The molecule has 0 radical (unpaired) electrons. The predicted octanol–water partition coefficient (Wildman–Crippen LogP) is 3.47. The second-order valence-electron chi connectivity index (χ2n) is 8.81. The summed E-state index contributed by atoms with van der Waals surface area (Å²) in [6.07, 6.45) is 2.17. The summed E-state index contributed by atoms with van der Waals surface area (Å²) in [6, 6.07) is 15.8. The molecule has 0 spiro atoms. The third kappa shape index (κ3) is 7.76. The Labute approximate surface area is 225 Å². The molecule has 1 aromatic heterocycles. The van der Waals surface area contributed by atoms with Crippen molar-refractivity contribution in [1.82, 2.24) is 15.5 Å². The van der Waals surface area contributed by atoms with Crippen LogP contribution in [0.5, 0.6) is 5.75 Å². The lowest BCUT2D eigenvalue weighted by Gasteiger charge is -2.26. The Balaban J connectivity index is 1.49. The molecule has 3 aromatic rings. The van der Waals surface area contributed by atoms with Gasteiger partial charge in [0, 0.05) is 49.0 Å². The second-order valence-corrected chi connectivity index (χ2v) is 8.81. The van der Waals surface area contributed by atoms with Gasteiger partial charge in [0.1, 0.15) is 23.0 Å². The molecule has 1 saturated heterocycles. The molecule has 4 rings (SSSR count). The monoisotopic (exact) mass is 534 g/mol. The zero-order chi connectivity index (χ0) is 27.6. The van der Waals surface area contributed by atoms with Crippen LogP contribution in [0.1, 0.15) is 22.5 Å². The maximum absolute atomic E-state index is 13.1. The van der Waals surface area contributed by atoms with Gasteiger partial charge >= 0.3 is 0 Å². The standard InChI is InChI=1S/C28H30N4O7/c1-37-23-8-6-20(7-9-23)27(33)30-25(28(34)29-12-3-13-31-14-16-38-17-15-31)19-24-10-11-26(39-24)21-4-2-5-22(18-21)32(35)36/h2,4-11,18-19H,3,12-17H2,1H3,(H,29,34)(H,30,33)/b25-19-. The number of carbonyl (C=O) groups excluding carboxylic acids is 2. The zero-order valence-corrected chi connectivity index (χ0v) is 21.6. The van der Waals surface area contributed by atoms with Crippen LogP contribution in [0.15, 0.2) is 70.8 Å². The van der Waals surface area contributed by atoms with Gasteiger partial charge < -0.3 is 24.5 Å². The number of rotatable bonds is 11. The molecule has 0 unspecified atom stereocenters. The maximum atomic E-state index is 13.1. The summed E-state index contributed by atoms with van der Waals surface area (Å²) >= 11 is 0. The first-order valence-electron chi connectivity index (χ1n) is 12.5. The van der Waals surface area contributed by atoms with E-state index in [1.54, 1.807) is 48.5 Å². The molecule has 204 valence electrons. The van der Waals surface area contributed by atoms with Crippen LogP contribution in [-0.2, 0) is 9.53 Å². The Morgan fingerprint density at radius 3 is 2.59 bits per heavy atom. The van der Waals surface area contributed by atoms with Gasteiger partial charge in [-0.25, -0.2) is 0 Å². The van der Waals surface area contributed by atoms with Gasteiger partial charge in [-0.2, -0.15) is 0 Å². The van der Waals surface area contributed by atoms with Gasteiger partial charge in [-0.3, -0.25) is 24.6 Å². The summed E-state index contributed by atoms with van der Waals surface area (Å²) in [5.41, 5.74) is 0.797. The molecule has 2 N–H and O–H groups in total. The molecular formula is C28H30N4O7. The molecule has 0 saturated carbocycles. The first-order valence-corrected chi connectivity index (χ1v) is 12.5. The normalized spacial score (nSPS) is 14.0. The van der Waals surface area contributed by atoms with Gasteiger partial charge in [0.05, 0.1) is 25.2 Å². The van der Waals surface area contributed by atoms with Crippen LogP contribution in [-0.4, -0.2) is 68.1 Å². The number of nitro groups is 1. The maximum Gasteiger partial charge on any atom is 0.270 e. The highest BCUT2D eigenvalue weighted by molar-refractivity contribution is 6.05. The smallest absolute Gasteiger partial charge is 0.270 e. The number of nitrogens with one attached hydrogen (secondary N) is 2. The van der Waals surface area contributed by atoms with Gasteiger partial charge in [-0.15, -0.1) is 0 Å². The van der Waals surface area contributed by atoms with E-state index in [2.05, 4.69) is 15.5 Å². The number of non-ortho nitro benzene ring substituents is 1. The summed E-state index contributed by atoms with van der Waals surface area (Å²) in [5.74, 6) is 0.344. The van der Waals surface area contributed by atoms with Crippen molar-refractivity contribution in [2.45, 2.75) is 6.42 Å². The van der Waals surface area contributed by atoms with Gasteiger partial charge in [-0.1, -0.05) is 12.1 Å². The van der Waals surface area contributed by atoms with Crippen LogP contribution >= 0.6 is 0 Å². The minimum Gasteiger partial charge on any atom is -0.497 e. The Bertz CT molecular complexity index is 1330. The van der Waals surface area contributed by atoms with Crippen molar-refractivity contribution >= 4 is 23.6 Å². The lowest BCUT2D eigenvalue weighted by molar-refractivity contribution is -0.384. The van der Waals surface area contributed by atoms with Crippen LogP contribution in [0.4, 0.5) is 5.69 Å². The van der Waals surface area contributed by atoms with Crippen LogP contribution in [0.3, 0.4) is 0 Å². The molecule has 1 aliphatic rings. The largest absolute Gasteiger partial charge is 0.497 e. The van der Waals surface area contributed by atoms with Crippen molar-refractivity contribution in [1.29, 1.82) is 0 Å².